The molecule has 0 unspecified atom stereocenters. The molecule has 0 amide bonds. The number of aromatic nitrogens is 4. The molecule has 4 aromatic rings. The van der Waals surface area contributed by atoms with Crippen molar-refractivity contribution < 1.29 is 14.1 Å². The van der Waals surface area contributed by atoms with Gasteiger partial charge in [0.25, 0.3) is 5.89 Å². The standard InChI is InChI=1S/C24H24N4O3/c1-5-30-24(29)19-14-21(28(26-19)20-12-7-6-11-18(20)15(2)3)22-25-23(31-27-22)17-10-8-9-16(4)13-17/h6-15H,5H2,1-4H3. The quantitative estimate of drug-likeness (QED) is 0.402. The molecule has 0 radical (unpaired) electrons. The first-order valence-electron chi connectivity index (χ1n) is 10.3. The minimum absolute atomic E-state index is 0.192. The minimum atomic E-state index is -0.494. The van der Waals surface area contributed by atoms with Crippen LogP contribution >= 0.6 is 0 Å². The van der Waals surface area contributed by atoms with Crippen LogP contribution in [0.1, 0.15) is 48.3 Å². The average Bonchev–Trinajstić information content (AvgIpc) is 3.41. The zero-order valence-electron chi connectivity index (χ0n) is 18.0. The Kier molecular flexibility index (Phi) is 5.66. The van der Waals surface area contributed by atoms with Gasteiger partial charge in [0.1, 0.15) is 5.69 Å². The fraction of sp³-hybridized carbons (Fsp3) is 0.250. The van der Waals surface area contributed by atoms with Crippen LogP contribution in [-0.2, 0) is 4.74 Å². The maximum absolute atomic E-state index is 12.4. The highest BCUT2D eigenvalue weighted by Crippen LogP contribution is 2.29. The van der Waals surface area contributed by atoms with E-state index >= 15 is 0 Å². The van der Waals surface area contributed by atoms with E-state index in [1.54, 1.807) is 17.7 Å². The zero-order chi connectivity index (χ0) is 22.0. The number of carbonyl (C=O) groups excluding carboxylic acids is 1. The molecule has 158 valence electrons. The van der Waals surface area contributed by atoms with Crippen molar-refractivity contribution >= 4 is 5.97 Å². The van der Waals surface area contributed by atoms with Gasteiger partial charge in [-0.05, 0) is 43.5 Å². The Labute approximate surface area is 180 Å². The lowest BCUT2D eigenvalue weighted by Crippen LogP contribution is -2.08. The molecule has 7 heteroatoms. The summed E-state index contributed by atoms with van der Waals surface area (Å²) < 4.78 is 12.4. The van der Waals surface area contributed by atoms with Crippen LogP contribution in [0.2, 0.25) is 0 Å². The second-order valence-electron chi connectivity index (χ2n) is 7.55. The van der Waals surface area contributed by atoms with Crippen LogP contribution in [0.3, 0.4) is 0 Å². The van der Waals surface area contributed by atoms with Crippen molar-refractivity contribution in [2.75, 3.05) is 6.61 Å². The van der Waals surface area contributed by atoms with Crippen LogP contribution in [-0.4, -0.2) is 32.5 Å². The number of nitrogens with zero attached hydrogens (tertiary/aromatic N) is 4. The smallest absolute Gasteiger partial charge is 0.358 e. The van der Waals surface area contributed by atoms with Gasteiger partial charge < -0.3 is 9.26 Å². The Hall–Kier alpha value is -3.74. The summed E-state index contributed by atoms with van der Waals surface area (Å²) in [7, 11) is 0. The highest BCUT2D eigenvalue weighted by Gasteiger charge is 2.23. The van der Waals surface area contributed by atoms with Gasteiger partial charge in [0.05, 0.1) is 12.3 Å². The molecule has 0 fully saturated rings. The predicted octanol–water partition coefficient (Wildman–Crippen LogP) is 5.20. The molecule has 4 rings (SSSR count). The number of esters is 1. The van der Waals surface area contributed by atoms with Crippen LogP contribution in [0.4, 0.5) is 0 Å². The first kappa shape index (κ1) is 20.5. The summed E-state index contributed by atoms with van der Waals surface area (Å²) in [4.78, 5) is 17.0. The molecule has 0 aliphatic heterocycles. The average molecular weight is 416 g/mol. The summed E-state index contributed by atoms with van der Waals surface area (Å²) in [5, 5.41) is 8.71. The van der Waals surface area contributed by atoms with Gasteiger partial charge >= 0.3 is 5.97 Å². The van der Waals surface area contributed by atoms with E-state index in [9.17, 15) is 4.79 Å². The van der Waals surface area contributed by atoms with E-state index in [-0.39, 0.29) is 18.2 Å². The van der Waals surface area contributed by atoms with Gasteiger partial charge in [-0.25, -0.2) is 9.48 Å². The lowest BCUT2D eigenvalue weighted by atomic mass is 10.0. The second-order valence-corrected chi connectivity index (χ2v) is 7.55. The molecule has 0 spiro atoms. The highest BCUT2D eigenvalue weighted by molar-refractivity contribution is 5.88. The van der Waals surface area contributed by atoms with Gasteiger partial charge in [-0.15, -0.1) is 0 Å². The Morgan fingerprint density at radius 1 is 1.13 bits per heavy atom. The van der Waals surface area contributed by atoms with E-state index in [0.717, 1.165) is 22.4 Å². The molecule has 0 N–H and O–H groups in total. The summed E-state index contributed by atoms with van der Waals surface area (Å²) in [6, 6.07) is 17.4. The Morgan fingerprint density at radius 3 is 2.68 bits per heavy atom. The summed E-state index contributed by atoms with van der Waals surface area (Å²) in [6.07, 6.45) is 0. The van der Waals surface area contributed by atoms with E-state index in [2.05, 4.69) is 29.1 Å². The zero-order valence-corrected chi connectivity index (χ0v) is 18.0. The molecule has 0 saturated carbocycles. The van der Waals surface area contributed by atoms with Crippen molar-refractivity contribution in [1.29, 1.82) is 0 Å². The van der Waals surface area contributed by atoms with Crippen molar-refractivity contribution in [2.24, 2.45) is 0 Å². The van der Waals surface area contributed by atoms with Crippen molar-refractivity contribution in [3.05, 3.63) is 71.4 Å². The summed E-state index contributed by atoms with van der Waals surface area (Å²) in [6.45, 7) is 8.25. The van der Waals surface area contributed by atoms with E-state index in [4.69, 9.17) is 9.26 Å². The first-order valence-corrected chi connectivity index (χ1v) is 10.3. The molecule has 0 aliphatic carbocycles. The lowest BCUT2D eigenvalue weighted by Gasteiger charge is -2.13. The topological polar surface area (TPSA) is 83.0 Å². The second kappa shape index (κ2) is 8.55. The summed E-state index contributed by atoms with van der Waals surface area (Å²) >= 11 is 0. The number of carbonyl (C=O) groups is 1. The minimum Gasteiger partial charge on any atom is -0.461 e. The molecule has 0 atom stereocenters. The first-order chi connectivity index (χ1) is 15.0. The van der Waals surface area contributed by atoms with Crippen molar-refractivity contribution in [2.45, 2.75) is 33.6 Å². The molecule has 0 aliphatic rings. The van der Waals surface area contributed by atoms with E-state index in [1.165, 1.54) is 0 Å². The maximum atomic E-state index is 12.4. The van der Waals surface area contributed by atoms with Crippen LogP contribution < -0.4 is 0 Å². The van der Waals surface area contributed by atoms with Crippen LogP contribution in [0.5, 0.6) is 0 Å². The normalized spacial score (nSPS) is 11.1. The fourth-order valence-electron chi connectivity index (χ4n) is 3.42. The van der Waals surface area contributed by atoms with Gasteiger partial charge in [-0.3, -0.25) is 0 Å². The van der Waals surface area contributed by atoms with Gasteiger partial charge in [0.15, 0.2) is 5.69 Å². The molecular formula is C24H24N4O3. The highest BCUT2D eigenvalue weighted by atomic mass is 16.5. The number of benzene rings is 2. The van der Waals surface area contributed by atoms with Crippen LogP contribution in [0.25, 0.3) is 28.7 Å². The lowest BCUT2D eigenvalue weighted by molar-refractivity contribution is 0.0519. The third-order valence-electron chi connectivity index (χ3n) is 4.90. The molecule has 31 heavy (non-hydrogen) atoms. The summed E-state index contributed by atoms with van der Waals surface area (Å²) in [5.74, 6) is 0.513. The number of rotatable bonds is 6. The number of aryl methyl sites for hydroxylation is 1. The Balaban J connectivity index is 1.85. The monoisotopic (exact) mass is 416 g/mol. The van der Waals surface area contributed by atoms with Crippen molar-refractivity contribution in [3.63, 3.8) is 0 Å². The fourth-order valence-corrected chi connectivity index (χ4v) is 3.42. The Morgan fingerprint density at radius 2 is 1.94 bits per heavy atom. The predicted molar refractivity (Wildman–Crippen MR) is 117 cm³/mol. The van der Waals surface area contributed by atoms with E-state index < -0.39 is 5.97 Å². The van der Waals surface area contributed by atoms with E-state index in [0.29, 0.717) is 17.4 Å². The molecule has 0 saturated heterocycles. The molecule has 0 bridgehead atoms. The van der Waals surface area contributed by atoms with Gasteiger partial charge in [-0.2, -0.15) is 10.1 Å². The largest absolute Gasteiger partial charge is 0.461 e. The number of ether oxygens (including phenoxy) is 1. The molecular weight excluding hydrogens is 392 g/mol. The molecule has 7 nitrogen and oxygen atoms in total. The third kappa shape index (κ3) is 4.12. The van der Waals surface area contributed by atoms with Crippen molar-refractivity contribution in [1.82, 2.24) is 19.9 Å². The molecule has 2 aromatic heterocycles. The number of hydrogen-bond acceptors (Lipinski definition) is 6. The van der Waals surface area contributed by atoms with Gasteiger partial charge in [0, 0.05) is 11.6 Å². The van der Waals surface area contributed by atoms with Crippen LogP contribution in [0, 0.1) is 6.92 Å². The number of para-hydroxylation sites is 1. The summed E-state index contributed by atoms with van der Waals surface area (Å²) in [5.41, 5.74) is 4.61. The Bertz CT molecular complexity index is 1220. The van der Waals surface area contributed by atoms with Gasteiger partial charge in [-0.1, -0.05) is 54.9 Å². The molecule has 2 heterocycles. The van der Waals surface area contributed by atoms with E-state index in [1.807, 2.05) is 55.5 Å². The third-order valence-corrected chi connectivity index (χ3v) is 4.90. The molecule has 2 aromatic carbocycles. The maximum Gasteiger partial charge on any atom is 0.358 e. The van der Waals surface area contributed by atoms with Gasteiger partial charge in [0.2, 0.25) is 5.82 Å². The van der Waals surface area contributed by atoms with Crippen molar-refractivity contribution in [3.8, 4) is 28.7 Å². The number of hydrogen-bond donors (Lipinski definition) is 0. The SMILES string of the molecule is CCOC(=O)c1cc(-c2noc(-c3cccc(C)c3)n2)n(-c2ccccc2C(C)C)n1. The van der Waals surface area contributed by atoms with Crippen LogP contribution in [0.15, 0.2) is 59.1 Å².